The third-order valence-electron chi connectivity index (χ3n) is 6.99. The maximum atomic E-state index is 12.3. The maximum Gasteiger partial charge on any atom is 0.319 e. The van der Waals surface area contributed by atoms with E-state index in [9.17, 15) is 9.90 Å². The van der Waals surface area contributed by atoms with E-state index in [1.807, 2.05) is 31.2 Å². The fourth-order valence-corrected chi connectivity index (χ4v) is 4.70. The Kier molecular flexibility index (Phi) is 8.51. The van der Waals surface area contributed by atoms with E-state index in [0.717, 1.165) is 12.1 Å². The molecule has 3 aromatic rings. The highest BCUT2D eigenvalue weighted by Gasteiger charge is 2.39. The van der Waals surface area contributed by atoms with Gasteiger partial charge in [0.2, 0.25) is 0 Å². The summed E-state index contributed by atoms with van der Waals surface area (Å²) in [6, 6.07) is 9.44. The number of amides is 2. The number of hydrogen-bond acceptors (Lipinski definition) is 8. The van der Waals surface area contributed by atoms with Crippen LogP contribution in [0.4, 0.5) is 16.3 Å². The van der Waals surface area contributed by atoms with Crippen molar-refractivity contribution < 1.29 is 19.4 Å². The van der Waals surface area contributed by atoms with Crippen LogP contribution in [0.25, 0.3) is 11.0 Å². The summed E-state index contributed by atoms with van der Waals surface area (Å²) >= 11 is 0. The number of anilines is 2. The second-order valence-corrected chi connectivity index (χ2v) is 10.7. The van der Waals surface area contributed by atoms with E-state index < -0.39 is 12.3 Å². The molecule has 0 bridgehead atoms. The van der Waals surface area contributed by atoms with Crippen molar-refractivity contribution in [3.63, 3.8) is 0 Å². The van der Waals surface area contributed by atoms with Gasteiger partial charge in [0.05, 0.1) is 5.39 Å². The number of nitrogens with two attached hydrogens (primary N) is 1. The number of carbonyl (C=O) groups excluding carboxylic acids is 1. The molecule has 1 aliphatic rings. The Bertz CT molecular complexity index is 1220. The van der Waals surface area contributed by atoms with Gasteiger partial charge in [-0.2, -0.15) is 0 Å². The second-order valence-electron chi connectivity index (χ2n) is 10.7. The third-order valence-corrected chi connectivity index (χ3v) is 6.99. The van der Waals surface area contributed by atoms with Crippen molar-refractivity contribution in [3.05, 3.63) is 48.4 Å². The first-order chi connectivity index (χ1) is 18.1. The first kappa shape index (κ1) is 27.8. The Morgan fingerprint density at radius 2 is 2.00 bits per heavy atom. The van der Waals surface area contributed by atoms with Crippen molar-refractivity contribution in [1.29, 1.82) is 0 Å². The van der Waals surface area contributed by atoms with Gasteiger partial charge < -0.3 is 35.5 Å². The molecule has 4 atom stereocenters. The monoisotopic (exact) mass is 525 g/mol. The summed E-state index contributed by atoms with van der Waals surface area (Å²) in [5.74, 6) is 0.356. The van der Waals surface area contributed by atoms with Crippen LogP contribution in [0.3, 0.4) is 0 Å². The number of hydrogen-bond donors (Lipinski definition) is 4. The number of aliphatic hydroxyl groups is 1. The van der Waals surface area contributed by atoms with E-state index in [-0.39, 0.29) is 23.8 Å². The highest BCUT2D eigenvalue weighted by molar-refractivity contribution is 5.89. The summed E-state index contributed by atoms with van der Waals surface area (Å²) in [6.45, 7) is 10.2. The number of benzene rings is 1. The Balaban J connectivity index is 1.26. The molecule has 3 heterocycles. The lowest BCUT2D eigenvalue weighted by atomic mass is 9.87. The molecule has 0 saturated carbocycles. The Hall–Kier alpha value is -3.25. The minimum Gasteiger partial charge on any atom is -0.383 e. The molecule has 1 unspecified atom stereocenters. The van der Waals surface area contributed by atoms with Gasteiger partial charge in [-0.1, -0.05) is 32.9 Å². The lowest BCUT2D eigenvalue weighted by molar-refractivity contribution is -0.228. The molecule has 38 heavy (non-hydrogen) atoms. The molecule has 1 aliphatic heterocycles. The molecule has 5 N–H and O–H groups in total. The zero-order valence-electron chi connectivity index (χ0n) is 22.7. The zero-order chi connectivity index (χ0) is 27.4. The number of ether oxygens (including phenoxy) is 2. The van der Waals surface area contributed by atoms with E-state index >= 15 is 0 Å². The normalized spacial score (nSPS) is 21.4. The Labute approximate surface area is 223 Å². The number of aromatic nitrogens is 3. The Morgan fingerprint density at radius 3 is 2.68 bits per heavy atom. The average Bonchev–Trinajstić information content (AvgIpc) is 3.32. The molecule has 0 radical (unpaired) electrons. The van der Waals surface area contributed by atoms with Crippen LogP contribution in [0.2, 0.25) is 0 Å². The van der Waals surface area contributed by atoms with Gasteiger partial charge in [-0.25, -0.2) is 14.8 Å². The fraction of sp³-hybridized carbons (Fsp3) is 0.519. The van der Waals surface area contributed by atoms with E-state index in [4.69, 9.17) is 15.2 Å². The van der Waals surface area contributed by atoms with Gasteiger partial charge in [0, 0.05) is 38.6 Å². The quantitative estimate of drug-likeness (QED) is 0.329. The predicted octanol–water partition coefficient (Wildman–Crippen LogP) is 3.08. The first-order valence-corrected chi connectivity index (χ1v) is 12.9. The molecule has 1 aromatic carbocycles. The summed E-state index contributed by atoms with van der Waals surface area (Å²) in [6.07, 6.45) is 1.58. The van der Waals surface area contributed by atoms with Crippen LogP contribution < -0.4 is 16.4 Å². The molecule has 11 heteroatoms. The van der Waals surface area contributed by atoms with Crippen molar-refractivity contribution in [2.24, 2.45) is 0 Å². The van der Waals surface area contributed by atoms with Crippen LogP contribution in [0, 0.1) is 0 Å². The molecule has 4 rings (SSSR count). The Morgan fingerprint density at radius 1 is 1.26 bits per heavy atom. The molecule has 2 aromatic heterocycles. The van der Waals surface area contributed by atoms with Gasteiger partial charge in [-0.3, -0.25) is 4.90 Å². The summed E-state index contributed by atoms with van der Waals surface area (Å²) in [4.78, 5) is 22.7. The van der Waals surface area contributed by atoms with Crippen molar-refractivity contribution in [3.8, 4) is 0 Å². The number of nitrogens with one attached hydrogen (secondary N) is 2. The topological polar surface area (TPSA) is 140 Å². The van der Waals surface area contributed by atoms with Crippen molar-refractivity contribution in [2.45, 2.75) is 64.2 Å². The van der Waals surface area contributed by atoms with Gasteiger partial charge in [-0.05, 0) is 42.5 Å². The molecule has 0 aliphatic carbocycles. The molecular weight excluding hydrogens is 486 g/mol. The van der Waals surface area contributed by atoms with E-state index in [2.05, 4.69) is 46.3 Å². The van der Waals surface area contributed by atoms with Crippen LogP contribution in [-0.2, 0) is 14.9 Å². The smallest absolute Gasteiger partial charge is 0.319 e. The SMILES string of the molecule is CO[C@@H]1CN(CCCNC(=O)Nc2ccc(C(C)(C)C)cc2)C(C)O[C@H]1[C@@H](O)n1ccc2c(N)ncnc21. The average molecular weight is 526 g/mol. The summed E-state index contributed by atoms with van der Waals surface area (Å²) in [7, 11) is 1.61. The van der Waals surface area contributed by atoms with Gasteiger partial charge in [-0.15, -0.1) is 0 Å². The lowest BCUT2D eigenvalue weighted by Crippen LogP contribution is -2.56. The van der Waals surface area contributed by atoms with E-state index in [1.54, 1.807) is 23.9 Å². The largest absolute Gasteiger partial charge is 0.383 e. The number of urea groups is 1. The van der Waals surface area contributed by atoms with Gasteiger partial charge in [0.25, 0.3) is 0 Å². The number of fused-ring (bicyclic) bond motifs is 1. The molecule has 1 fully saturated rings. The standard InChI is InChI=1S/C27H39N7O4/c1-17-33(13-6-12-29-26(36)32-19-9-7-18(8-10-19)27(2,3)4)15-21(37-5)22(38-17)25(35)34-14-11-20-23(28)30-16-31-24(20)34/h7-11,14,16-17,21-22,25,35H,6,12-13,15H2,1-5H3,(H2,28,30,31)(H2,29,32,36)/t17?,21-,22-,25-/m1/s1. The molecule has 206 valence electrons. The second kappa shape index (κ2) is 11.6. The van der Waals surface area contributed by atoms with Crippen LogP contribution in [0.5, 0.6) is 0 Å². The summed E-state index contributed by atoms with van der Waals surface area (Å²) in [5.41, 5.74) is 8.51. The van der Waals surface area contributed by atoms with E-state index in [0.29, 0.717) is 36.5 Å². The van der Waals surface area contributed by atoms with Crippen molar-refractivity contribution >= 4 is 28.6 Å². The summed E-state index contributed by atoms with van der Waals surface area (Å²) < 4.78 is 13.5. The minimum absolute atomic E-state index is 0.0656. The first-order valence-electron chi connectivity index (χ1n) is 12.9. The van der Waals surface area contributed by atoms with Crippen LogP contribution in [-0.4, -0.2) is 75.8 Å². The van der Waals surface area contributed by atoms with Gasteiger partial charge in [0.15, 0.2) is 6.23 Å². The van der Waals surface area contributed by atoms with Crippen LogP contribution in [0.1, 0.15) is 45.9 Å². The number of methoxy groups -OCH3 is 1. The highest BCUT2D eigenvalue weighted by atomic mass is 16.6. The van der Waals surface area contributed by atoms with Crippen molar-refractivity contribution in [1.82, 2.24) is 24.8 Å². The molecule has 2 amide bonds. The number of nitrogens with zero attached hydrogens (tertiary/aromatic N) is 4. The minimum atomic E-state index is -1.01. The summed E-state index contributed by atoms with van der Waals surface area (Å²) in [5, 5.41) is 17.6. The highest BCUT2D eigenvalue weighted by Crippen LogP contribution is 2.29. The maximum absolute atomic E-state index is 12.3. The lowest BCUT2D eigenvalue weighted by Gasteiger charge is -2.43. The molecular formula is C27H39N7O4. The van der Waals surface area contributed by atoms with Crippen LogP contribution in [0.15, 0.2) is 42.9 Å². The zero-order valence-corrected chi connectivity index (χ0v) is 22.7. The third kappa shape index (κ3) is 6.24. The van der Waals surface area contributed by atoms with Crippen molar-refractivity contribution in [2.75, 3.05) is 37.8 Å². The number of aliphatic hydroxyl groups excluding tert-OH is 1. The molecule has 1 saturated heterocycles. The van der Waals surface area contributed by atoms with Gasteiger partial charge in [0.1, 0.15) is 36.2 Å². The fourth-order valence-electron chi connectivity index (χ4n) is 4.70. The molecule has 11 nitrogen and oxygen atoms in total. The molecule has 0 spiro atoms. The number of carbonyl (C=O) groups is 1. The van der Waals surface area contributed by atoms with Crippen LogP contribution >= 0.6 is 0 Å². The predicted molar refractivity (Wildman–Crippen MR) is 147 cm³/mol. The van der Waals surface area contributed by atoms with Gasteiger partial charge >= 0.3 is 6.03 Å². The number of nitrogen functional groups attached to an aromatic ring is 1. The number of rotatable bonds is 8. The van der Waals surface area contributed by atoms with E-state index in [1.165, 1.54) is 11.9 Å².